The van der Waals surface area contributed by atoms with Gasteiger partial charge in [-0.1, -0.05) is 0 Å². The Balaban J connectivity index is 3.47. The summed E-state index contributed by atoms with van der Waals surface area (Å²) in [5.41, 5.74) is 2.16. The van der Waals surface area contributed by atoms with E-state index in [1.165, 1.54) is 0 Å². The van der Waals surface area contributed by atoms with Crippen molar-refractivity contribution in [2.45, 2.75) is 13.8 Å². The van der Waals surface area contributed by atoms with Gasteiger partial charge < -0.3 is 9.67 Å². The number of aromatic nitrogens is 1. The summed E-state index contributed by atoms with van der Waals surface area (Å²) in [6, 6.07) is 0. The summed E-state index contributed by atoms with van der Waals surface area (Å²) in [5.74, 6) is 0.0509. The van der Waals surface area contributed by atoms with Gasteiger partial charge in [-0.15, -0.1) is 0 Å². The lowest BCUT2D eigenvalue weighted by Crippen LogP contribution is -1.89. The van der Waals surface area contributed by atoms with E-state index in [9.17, 15) is 9.90 Å². The Morgan fingerprint density at radius 3 is 2.18 bits per heavy atom. The Hall–Kier alpha value is -1.25. The first-order valence-corrected chi connectivity index (χ1v) is 3.39. The van der Waals surface area contributed by atoms with Gasteiger partial charge in [0.2, 0.25) is 5.88 Å². The molecule has 1 heterocycles. The van der Waals surface area contributed by atoms with E-state index in [0.717, 1.165) is 11.3 Å². The van der Waals surface area contributed by atoms with Gasteiger partial charge in [0.05, 0.1) is 5.56 Å². The maximum Gasteiger partial charge on any atom is 0.202 e. The van der Waals surface area contributed by atoms with E-state index in [-0.39, 0.29) is 5.88 Å². The Morgan fingerprint density at radius 2 is 2.00 bits per heavy atom. The fourth-order valence-corrected chi connectivity index (χ4v) is 1.09. The highest BCUT2D eigenvalue weighted by atomic mass is 16.3. The monoisotopic (exact) mass is 153 g/mol. The van der Waals surface area contributed by atoms with Crippen molar-refractivity contribution < 1.29 is 9.90 Å². The second-order valence-corrected chi connectivity index (χ2v) is 2.62. The van der Waals surface area contributed by atoms with Crippen LogP contribution in [0, 0.1) is 13.8 Å². The maximum atomic E-state index is 10.4. The van der Waals surface area contributed by atoms with E-state index in [4.69, 9.17) is 0 Å². The highest BCUT2D eigenvalue weighted by Gasteiger charge is 2.12. The van der Waals surface area contributed by atoms with Crippen LogP contribution in [0.1, 0.15) is 21.6 Å². The van der Waals surface area contributed by atoms with Crippen LogP contribution in [0.25, 0.3) is 0 Å². The summed E-state index contributed by atoms with van der Waals surface area (Å²) in [4.78, 5) is 10.4. The number of rotatable bonds is 1. The van der Waals surface area contributed by atoms with Gasteiger partial charge in [0.15, 0.2) is 6.29 Å². The van der Waals surface area contributed by atoms with Crippen LogP contribution in [0.3, 0.4) is 0 Å². The molecule has 1 N–H and O–H groups in total. The molecule has 0 unspecified atom stereocenters. The average Bonchev–Trinajstić information content (AvgIpc) is 2.17. The van der Waals surface area contributed by atoms with Crippen molar-refractivity contribution in [1.29, 1.82) is 0 Å². The highest BCUT2D eigenvalue weighted by molar-refractivity contribution is 5.81. The molecule has 0 atom stereocenters. The average molecular weight is 153 g/mol. The zero-order valence-corrected chi connectivity index (χ0v) is 6.88. The van der Waals surface area contributed by atoms with E-state index < -0.39 is 0 Å². The topological polar surface area (TPSA) is 42.2 Å². The number of carbonyl (C=O) groups is 1. The first-order chi connectivity index (χ1) is 5.09. The summed E-state index contributed by atoms with van der Waals surface area (Å²) >= 11 is 0. The molecule has 11 heavy (non-hydrogen) atoms. The van der Waals surface area contributed by atoms with Crippen LogP contribution in [0.5, 0.6) is 5.88 Å². The lowest BCUT2D eigenvalue weighted by atomic mass is 10.2. The molecule has 3 nitrogen and oxygen atoms in total. The molecule has 0 bridgehead atoms. The Kier molecular flexibility index (Phi) is 1.72. The van der Waals surface area contributed by atoms with Crippen molar-refractivity contribution in [2.75, 3.05) is 0 Å². The largest absolute Gasteiger partial charge is 0.494 e. The van der Waals surface area contributed by atoms with Gasteiger partial charge in [0.25, 0.3) is 0 Å². The van der Waals surface area contributed by atoms with Crippen molar-refractivity contribution >= 4 is 6.29 Å². The van der Waals surface area contributed by atoms with Crippen LogP contribution in [0.4, 0.5) is 0 Å². The summed E-state index contributed by atoms with van der Waals surface area (Å²) < 4.78 is 1.60. The van der Waals surface area contributed by atoms with Crippen molar-refractivity contribution in [2.24, 2.45) is 7.05 Å². The zero-order valence-electron chi connectivity index (χ0n) is 6.88. The van der Waals surface area contributed by atoms with E-state index in [1.54, 1.807) is 11.6 Å². The molecule has 1 aromatic rings. The number of aldehydes is 1. The molecule has 0 amide bonds. The molecule has 0 fully saturated rings. The van der Waals surface area contributed by atoms with Gasteiger partial charge in [-0.05, 0) is 19.4 Å². The molecule has 0 radical (unpaired) electrons. The summed E-state index contributed by atoms with van der Waals surface area (Å²) in [6.07, 6.45) is 0.678. The molecule has 3 heteroatoms. The van der Waals surface area contributed by atoms with Crippen LogP contribution in [-0.4, -0.2) is 16.0 Å². The molecule has 0 aliphatic heterocycles. The van der Waals surface area contributed by atoms with Crippen LogP contribution in [0.15, 0.2) is 0 Å². The number of carbonyl (C=O) groups excluding carboxylic acids is 1. The predicted octanol–water partition coefficient (Wildman–Crippen LogP) is 1.16. The SMILES string of the molecule is Cc1c(C=O)c(O)n(C)c1C. The van der Waals surface area contributed by atoms with Crippen molar-refractivity contribution in [3.05, 3.63) is 16.8 Å². The Morgan fingerprint density at radius 1 is 1.45 bits per heavy atom. The van der Waals surface area contributed by atoms with Gasteiger partial charge in [0.1, 0.15) is 0 Å². The molecule has 0 spiro atoms. The minimum atomic E-state index is 0.0509. The molecule has 1 rings (SSSR count). The molecule has 60 valence electrons. The molecule has 0 aliphatic carbocycles. The van der Waals surface area contributed by atoms with Crippen molar-refractivity contribution in [3.63, 3.8) is 0 Å². The third-order valence-corrected chi connectivity index (χ3v) is 2.13. The van der Waals surface area contributed by atoms with Crippen molar-refractivity contribution in [3.8, 4) is 5.88 Å². The third-order valence-electron chi connectivity index (χ3n) is 2.13. The second-order valence-electron chi connectivity index (χ2n) is 2.62. The molecule has 0 aliphatic rings. The van der Waals surface area contributed by atoms with Crippen LogP contribution in [-0.2, 0) is 7.05 Å². The maximum absolute atomic E-state index is 10.4. The number of hydrogen-bond donors (Lipinski definition) is 1. The van der Waals surface area contributed by atoms with E-state index in [0.29, 0.717) is 11.8 Å². The van der Waals surface area contributed by atoms with Crippen LogP contribution >= 0.6 is 0 Å². The number of nitrogens with zero attached hydrogens (tertiary/aromatic N) is 1. The standard InChI is InChI=1S/C8H11NO2/c1-5-6(2)9(3)8(11)7(5)4-10/h4,11H,1-3H3. The lowest BCUT2D eigenvalue weighted by Gasteiger charge is -1.96. The highest BCUT2D eigenvalue weighted by Crippen LogP contribution is 2.23. The number of hydrogen-bond acceptors (Lipinski definition) is 2. The molecular formula is C8H11NO2. The normalized spacial score (nSPS) is 10.1. The quantitative estimate of drug-likeness (QED) is 0.615. The minimum absolute atomic E-state index is 0.0509. The second kappa shape index (κ2) is 2.42. The van der Waals surface area contributed by atoms with Gasteiger partial charge in [0, 0.05) is 12.7 Å². The fourth-order valence-electron chi connectivity index (χ4n) is 1.09. The molecule has 0 aromatic carbocycles. The van der Waals surface area contributed by atoms with Gasteiger partial charge >= 0.3 is 0 Å². The minimum Gasteiger partial charge on any atom is -0.494 e. The summed E-state index contributed by atoms with van der Waals surface area (Å²) in [7, 11) is 1.73. The van der Waals surface area contributed by atoms with Gasteiger partial charge in [-0.3, -0.25) is 4.79 Å². The smallest absolute Gasteiger partial charge is 0.202 e. The predicted molar refractivity (Wildman–Crippen MR) is 41.9 cm³/mol. The number of aromatic hydroxyl groups is 1. The fraction of sp³-hybridized carbons (Fsp3) is 0.375. The Labute approximate surface area is 65.3 Å². The first-order valence-electron chi connectivity index (χ1n) is 3.39. The summed E-state index contributed by atoms with van der Waals surface area (Å²) in [5, 5.41) is 9.33. The van der Waals surface area contributed by atoms with E-state index >= 15 is 0 Å². The van der Waals surface area contributed by atoms with Gasteiger partial charge in [-0.2, -0.15) is 0 Å². The Bertz CT molecular complexity index is 274. The summed E-state index contributed by atoms with van der Waals surface area (Å²) in [6.45, 7) is 3.68. The zero-order chi connectivity index (χ0) is 8.59. The van der Waals surface area contributed by atoms with Crippen LogP contribution in [0.2, 0.25) is 0 Å². The first kappa shape index (κ1) is 7.85. The molecule has 1 aromatic heterocycles. The lowest BCUT2D eigenvalue weighted by molar-refractivity contribution is 0.112. The van der Waals surface area contributed by atoms with Gasteiger partial charge in [-0.25, -0.2) is 0 Å². The van der Waals surface area contributed by atoms with Crippen molar-refractivity contribution in [1.82, 2.24) is 4.57 Å². The van der Waals surface area contributed by atoms with Crippen LogP contribution < -0.4 is 0 Å². The van der Waals surface area contributed by atoms with E-state index in [1.807, 2.05) is 13.8 Å². The third kappa shape index (κ3) is 0.926. The molecule has 0 saturated heterocycles. The molecule has 0 saturated carbocycles. The molecular weight excluding hydrogens is 142 g/mol. The van der Waals surface area contributed by atoms with E-state index in [2.05, 4.69) is 0 Å².